The molecule has 1 saturated heterocycles. The number of hydrogen-bond donors (Lipinski definition) is 2. The summed E-state index contributed by atoms with van der Waals surface area (Å²) in [7, 11) is 0. The maximum absolute atomic E-state index is 12.6. The Morgan fingerprint density at radius 2 is 1.85 bits per heavy atom. The molecule has 6 nitrogen and oxygen atoms in total. The van der Waals surface area contributed by atoms with Crippen LogP contribution in [0.4, 0.5) is 10.5 Å². The predicted molar refractivity (Wildman–Crippen MR) is 101 cm³/mol. The van der Waals surface area contributed by atoms with E-state index in [-0.39, 0.29) is 18.4 Å². The lowest BCUT2D eigenvalue weighted by atomic mass is 9.91. The third kappa shape index (κ3) is 3.40. The first-order valence-corrected chi connectivity index (χ1v) is 8.72. The normalized spacial score (nSPS) is 19.9. The molecule has 6 heteroatoms. The van der Waals surface area contributed by atoms with Gasteiger partial charge in [-0.3, -0.25) is 14.5 Å². The highest BCUT2D eigenvalue weighted by atomic mass is 16.2. The number of nitrogens with zero attached hydrogens (tertiary/aromatic N) is 1. The van der Waals surface area contributed by atoms with Gasteiger partial charge in [0.2, 0.25) is 5.91 Å². The number of hydrogen-bond acceptors (Lipinski definition) is 3. The first-order chi connectivity index (χ1) is 12.3. The van der Waals surface area contributed by atoms with Crippen LogP contribution in [0.1, 0.15) is 27.2 Å². The molecule has 0 unspecified atom stereocenters. The van der Waals surface area contributed by atoms with Crippen molar-refractivity contribution in [1.29, 1.82) is 0 Å². The third-order valence-corrected chi connectivity index (χ3v) is 4.53. The topological polar surface area (TPSA) is 78.5 Å². The lowest BCUT2D eigenvalue weighted by molar-refractivity contribution is -0.133. The number of anilines is 1. The largest absolute Gasteiger partial charge is 0.325 e. The number of carbonyl (C=O) groups excluding carboxylic acids is 3. The van der Waals surface area contributed by atoms with Crippen LogP contribution < -0.4 is 10.6 Å². The Bertz CT molecular complexity index is 872. The van der Waals surface area contributed by atoms with Crippen molar-refractivity contribution in [3.8, 4) is 0 Å². The lowest BCUT2D eigenvalue weighted by Crippen LogP contribution is -2.45. The molecule has 2 aromatic carbocycles. The molecule has 2 N–H and O–H groups in total. The van der Waals surface area contributed by atoms with Crippen LogP contribution in [0.5, 0.6) is 0 Å². The summed E-state index contributed by atoms with van der Waals surface area (Å²) in [6, 6.07) is 12.8. The van der Waals surface area contributed by atoms with Gasteiger partial charge in [0.1, 0.15) is 12.1 Å². The van der Waals surface area contributed by atoms with Crippen LogP contribution in [0, 0.1) is 5.92 Å². The Kier molecular flexibility index (Phi) is 4.68. The molecule has 0 saturated carbocycles. The zero-order chi connectivity index (χ0) is 18.9. The summed E-state index contributed by atoms with van der Waals surface area (Å²) in [6.07, 6.45) is 0.527. The Morgan fingerprint density at radius 1 is 1.15 bits per heavy atom. The summed E-state index contributed by atoms with van der Waals surface area (Å²) in [4.78, 5) is 38.3. The molecule has 1 heterocycles. The number of nitrogens with one attached hydrogen (secondary N) is 2. The van der Waals surface area contributed by atoms with Crippen LogP contribution in [-0.4, -0.2) is 34.8 Å². The van der Waals surface area contributed by atoms with E-state index in [4.69, 9.17) is 0 Å². The SMILES string of the molecule is CC(C)C[C@]1(C)NC(=O)N(CC(=O)Nc2cccc3ccccc23)C1=O. The average molecular weight is 353 g/mol. The van der Waals surface area contributed by atoms with Crippen LogP contribution in [0.3, 0.4) is 0 Å². The summed E-state index contributed by atoms with van der Waals surface area (Å²) < 4.78 is 0. The van der Waals surface area contributed by atoms with Gasteiger partial charge in [0.05, 0.1) is 0 Å². The van der Waals surface area contributed by atoms with Gasteiger partial charge >= 0.3 is 6.03 Å². The van der Waals surface area contributed by atoms with E-state index in [0.29, 0.717) is 12.1 Å². The van der Waals surface area contributed by atoms with Crippen molar-refractivity contribution in [3.05, 3.63) is 42.5 Å². The molecule has 0 radical (unpaired) electrons. The van der Waals surface area contributed by atoms with Crippen molar-refractivity contribution >= 4 is 34.3 Å². The van der Waals surface area contributed by atoms with E-state index in [1.807, 2.05) is 50.2 Å². The second kappa shape index (κ2) is 6.78. The van der Waals surface area contributed by atoms with Crippen molar-refractivity contribution in [2.45, 2.75) is 32.7 Å². The highest BCUT2D eigenvalue weighted by Gasteiger charge is 2.48. The highest BCUT2D eigenvalue weighted by Crippen LogP contribution is 2.26. The predicted octanol–water partition coefficient (Wildman–Crippen LogP) is 3.13. The first kappa shape index (κ1) is 17.9. The number of urea groups is 1. The molecule has 2 aromatic rings. The van der Waals surface area contributed by atoms with Crippen molar-refractivity contribution in [2.75, 3.05) is 11.9 Å². The van der Waals surface area contributed by atoms with Gasteiger partial charge in [-0.05, 0) is 30.7 Å². The van der Waals surface area contributed by atoms with Crippen LogP contribution in [-0.2, 0) is 9.59 Å². The molecule has 3 rings (SSSR count). The molecule has 0 aromatic heterocycles. The number of imide groups is 1. The maximum atomic E-state index is 12.6. The van der Waals surface area contributed by atoms with Gasteiger partial charge in [0.25, 0.3) is 5.91 Å². The molecule has 1 aliphatic rings. The second-order valence-electron chi connectivity index (χ2n) is 7.33. The molecule has 4 amide bonds. The quantitative estimate of drug-likeness (QED) is 0.811. The van der Waals surface area contributed by atoms with E-state index >= 15 is 0 Å². The van der Waals surface area contributed by atoms with E-state index in [2.05, 4.69) is 10.6 Å². The summed E-state index contributed by atoms with van der Waals surface area (Å²) in [5.74, 6) is -0.517. The minimum absolute atomic E-state index is 0.244. The van der Waals surface area contributed by atoms with Crippen LogP contribution >= 0.6 is 0 Å². The van der Waals surface area contributed by atoms with Gasteiger partial charge in [-0.15, -0.1) is 0 Å². The first-order valence-electron chi connectivity index (χ1n) is 8.72. The van der Waals surface area contributed by atoms with Crippen LogP contribution in [0.25, 0.3) is 10.8 Å². The molecule has 0 aliphatic carbocycles. The van der Waals surface area contributed by atoms with Crippen molar-refractivity contribution in [3.63, 3.8) is 0 Å². The van der Waals surface area contributed by atoms with Crippen molar-refractivity contribution in [2.24, 2.45) is 5.92 Å². The third-order valence-electron chi connectivity index (χ3n) is 4.53. The van der Waals surface area contributed by atoms with E-state index < -0.39 is 17.5 Å². The van der Waals surface area contributed by atoms with Crippen molar-refractivity contribution < 1.29 is 14.4 Å². The minimum Gasteiger partial charge on any atom is -0.324 e. The lowest BCUT2D eigenvalue weighted by Gasteiger charge is -2.23. The molecular formula is C20H23N3O3. The molecule has 1 aliphatic heterocycles. The van der Waals surface area contributed by atoms with Crippen LogP contribution in [0.2, 0.25) is 0 Å². The zero-order valence-electron chi connectivity index (χ0n) is 15.2. The number of carbonyl (C=O) groups is 3. The van der Waals surface area contributed by atoms with Gasteiger partial charge in [0.15, 0.2) is 0 Å². The Hall–Kier alpha value is -2.89. The fourth-order valence-electron chi connectivity index (χ4n) is 3.51. The minimum atomic E-state index is -0.953. The second-order valence-corrected chi connectivity index (χ2v) is 7.33. The summed E-state index contributed by atoms with van der Waals surface area (Å²) >= 11 is 0. The van der Waals surface area contributed by atoms with Crippen molar-refractivity contribution in [1.82, 2.24) is 10.2 Å². The highest BCUT2D eigenvalue weighted by molar-refractivity contribution is 6.11. The number of rotatable bonds is 5. The summed E-state index contributed by atoms with van der Waals surface area (Å²) in [5, 5.41) is 7.44. The maximum Gasteiger partial charge on any atom is 0.325 e. The standard InChI is InChI=1S/C20H23N3O3/c1-13(2)11-20(3)18(25)23(19(26)22-20)12-17(24)21-16-10-6-8-14-7-4-5-9-15(14)16/h4-10,13H,11-12H2,1-3H3,(H,21,24)(H,22,26)/t20-/m0/s1. The summed E-state index contributed by atoms with van der Waals surface area (Å²) in [5.41, 5.74) is -0.296. The molecule has 1 fully saturated rings. The smallest absolute Gasteiger partial charge is 0.324 e. The van der Waals surface area contributed by atoms with Gasteiger partial charge in [-0.2, -0.15) is 0 Å². The van der Waals surface area contributed by atoms with Gasteiger partial charge in [0, 0.05) is 11.1 Å². The molecule has 0 bridgehead atoms. The monoisotopic (exact) mass is 353 g/mol. The zero-order valence-corrected chi connectivity index (χ0v) is 15.2. The molecule has 0 spiro atoms. The Morgan fingerprint density at radius 3 is 2.58 bits per heavy atom. The average Bonchev–Trinajstić information content (AvgIpc) is 2.77. The summed E-state index contributed by atoms with van der Waals surface area (Å²) in [6.45, 7) is 5.37. The van der Waals surface area contributed by atoms with Gasteiger partial charge in [-0.1, -0.05) is 50.2 Å². The van der Waals surface area contributed by atoms with Gasteiger partial charge in [-0.25, -0.2) is 4.79 Å². The van der Waals surface area contributed by atoms with E-state index in [9.17, 15) is 14.4 Å². The fraction of sp³-hybridized carbons (Fsp3) is 0.350. The van der Waals surface area contributed by atoms with E-state index in [1.165, 1.54) is 0 Å². The Balaban J connectivity index is 1.74. The molecule has 26 heavy (non-hydrogen) atoms. The van der Waals surface area contributed by atoms with Gasteiger partial charge < -0.3 is 10.6 Å². The Labute approximate surface area is 152 Å². The number of benzene rings is 2. The number of fused-ring (bicyclic) bond motifs is 1. The van der Waals surface area contributed by atoms with Crippen LogP contribution in [0.15, 0.2) is 42.5 Å². The molecular weight excluding hydrogens is 330 g/mol. The van der Waals surface area contributed by atoms with E-state index in [1.54, 1.807) is 13.0 Å². The molecule has 136 valence electrons. The number of amides is 4. The fourth-order valence-corrected chi connectivity index (χ4v) is 3.51. The van der Waals surface area contributed by atoms with E-state index in [0.717, 1.165) is 15.7 Å². The molecule has 1 atom stereocenters.